The summed E-state index contributed by atoms with van der Waals surface area (Å²) >= 11 is 0. The number of carbonyl (C=O) groups is 1. The van der Waals surface area contributed by atoms with E-state index in [0.29, 0.717) is 13.0 Å². The summed E-state index contributed by atoms with van der Waals surface area (Å²) in [5.74, 6) is -0.229. The van der Waals surface area contributed by atoms with Gasteiger partial charge in [0, 0.05) is 38.9 Å². The maximum absolute atomic E-state index is 13.1. The van der Waals surface area contributed by atoms with E-state index in [1.54, 1.807) is 0 Å². The molecule has 0 saturated carbocycles. The molecule has 1 aromatic rings. The van der Waals surface area contributed by atoms with Gasteiger partial charge >= 0.3 is 0 Å². The Bertz CT molecular complexity index is 732. The number of piperidine rings is 1. The molecule has 0 radical (unpaired) electrons. The van der Waals surface area contributed by atoms with E-state index in [1.807, 2.05) is 23.1 Å². The number of amides is 1. The number of benzene rings is 1. The van der Waals surface area contributed by atoms with E-state index in [4.69, 9.17) is 0 Å². The van der Waals surface area contributed by atoms with Crippen molar-refractivity contribution in [2.24, 2.45) is 5.92 Å². The van der Waals surface area contributed by atoms with Gasteiger partial charge in [-0.05, 0) is 37.8 Å². The maximum atomic E-state index is 13.1. The first kappa shape index (κ1) is 17.4. The van der Waals surface area contributed by atoms with Gasteiger partial charge in [-0.15, -0.1) is 0 Å². The molecule has 132 valence electrons. The van der Waals surface area contributed by atoms with Crippen LogP contribution in [0.4, 0.5) is 5.69 Å². The molecule has 0 aliphatic carbocycles. The zero-order chi connectivity index (χ0) is 17.5. The van der Waals surface area contributed by atoms with Gasteiger partial charge < -0.3 is 4.90 Å². The van der Waals surface area contributed by atoms with Gasteiger partial charge in [0.05, 0.1) is 5.92 Å². The van der Waals surface area contributed by atoms with Gasteiger partial charge in [-0.2, -0.15) is 17.0 Å². The van der Waals surface area contributed by atoms with Crippen molar-refractivity contribution in [1.29, 1.82) is 0 Å². The number of hydrogen-bond acceptors (Lipinski definition) is 3. The molecular formula is C17H25N3O3S. The van der Waals surface area contributed by atoms with Gasteiger partial charge in [0.15, 0.2) is 0 Å². The van der Waals surface area contributed by atoms with Gasteiger partial charge in [0.2, 0.25) is 5.91 Å². The lowest BCUT2D eigenvalue weighted by Crippen LogP contribution is -2.50. The van der Waals surface area contributed by atoms with Crippen molar-refractivity contribution in [1.82, 2.24) is 8.61 Å². The smallest absolute Gasteiger partial charge is 0.281 e. The van der Waals surface area contributed by atoms with Crippen LogP contribution in [0.25, 0.3) is 0 Å². The third-order valence-electron chi connectivity index (χ3n) is 4.97. The van der Waals surface area contributed by atoms with Crippen molar-refractivity contribution in [2.75, 3.05) is 32.1 Å². The summed E-state index contributed by atoms with van der Waals surface area (Å²) in [6.45, 7) is 2.80. The molecule has 2 heterocycles. The number of para-hydroxylation sites is 1. The number of fused-ring (bicyclic) bond motifs is 1. The fourth-order valence-corrected chi connectivity index (χ4v) is 4.87. The first-order valence-electron chi connectivity index (χ1n) is 8.41. The molecule has 6 nitrogen and oxygen atoms in total. The van der Waals surface area contributed by atoms with Gasteiger partial charge in [0.25, 0.3) is 10.2 Å². The Morgan fingerprint density at radius 1 is 1.25 bits per heavy atom. The van der Waals surface area contributed by atoms with Crippen LogP contribution in [0.15, 0.2) is 24.3 Å². The Labute approximate surface area is 144 Å². The molecule has 0 spiro atoms. The molecule has 1 aromatic carbocycles. The predicted octanol–water partition coefficient (Wildman–Crippen LogP) is 1.48. The first-order chi connectivity index (χ1) is 11.3. The molecule has 24 heavy (non-hydrogen) atoms. The second kappa shape index (κ2) is 6.46. The number of nitrogens with zero attached hydrogens (tertiary/aromatic N) is 3. The quantitative estimate of drug-likeness (QED) is 0.829. The monoisotopic (exact) mass is 351 g/mol. The summed E-state index contributed by atoms with van der Waals surface area (Å²) in [6, 6.07) is 8.10. The highest BCUT2D eigenvalue weighted by molar-refractivity contribution is 7.86. The van der Waals surface area contributed by atoms with Gasteiger partial charge in [-0.25, -0.2) is 0 Å². The summed E-state index contributed by atoms with van der Waals surface area (Å²) in [6.07, 6.45) is 2.31. The second-order valence-corrected chi connectivity index (χ2v) is 9.02. The normalized spacial score (nSPS) is 25.1. The molecule has 1 amide bonds. The zero-order valence-corrected chi connectivity index (χ0v) is 15.3. The average molecular weight is 351 g/mol. The van der Waals surface area contributed by atoms with Crippen LogP contribution in [0.5, 0.6) is 0 Å². The molecule has 0 bridgehead atoms. The van der Waals surface area contributed by atoms with E-state index >= 15 is 0 Å². The number of carbonyl (C=O) groups excluding carboxylic acids is 1. The van der Waals surface area contributed by atoms with Crippen molar-refractivity contribution >= 4 is 21.8 Å². The molecular weight excluding hydrogens is 326 g/mol. The van der Waals surface area contributed by atoms with E-state index in [0.717, 1.165) is 18.5 Å². The summed E-state index contributed by atoms with van der Waals surface area (Å²) in [5, 5.41) is 0. The molecule has 7 heteroatoms. The Kier molecular flexibility index (Phi) is 4.68. The molecule has 2 aliphatic heterocycles. The third-order valence-corrected chi connectivity index (χ3v) is 6.87. The zero-order valence-electron chi connectivity index (χ0n) is 14.5. The molecule has 2 aliphatic rings. The molecule has 1 saturated heterocycles. The SMILES string of the molecule is C[C@@H]1Cc2ccccc2N1C(=O)[C@@H]1CCCN(S(=O)(=O)N(C)C)C1. The van der Waals surface area contributed by atoms with E-state index in [-0.39, 0.29) is 24.4 Å². The van der Waals surface area contributed by atoms with Crippen LogP contribution in [0.3, 0.4) is 0 Å². The van der Waals surface area contributed by atoms with E-state index in [1.165, 1.54) is 28.3 Å². The van der Waals surface area contributed by atoms with Gasteiger partial charge in [0.1, 0.15) is 0 Å². The fourth-order valence-electron chi connectivity index (χ4n) is 3.68. The van der Waals surface area contributed by atoms with E-state index in [9.17, 15) is 13.2 Å². The minimum atomic E-state index is -3.47. The Morgan fingerprint density at radius 2 is 1.96 bits per heavy atom. The summed E-state index contributed by atoms with van der Waals surface area (Å²) < 4.78 is 27.4. The van der Waals surface area contributed by atoms with Crippen LogP contribution in [0.2, 0.25) is 0 Å². The summed E-state index contributed by atoms with van der Waals surface area (Å²) in [5.41, 5.74) is 2.16. The topological polar surface area (TPSA) is 60.9 Å². The first-order valence-corrected chi connectivity index (χ1v) is 9.80. The van der Waals surface area contributed by atoms with Crippen molar-refractivity contribution < 1.29 is 13.2 Å². The van der Waals surface area contributed by atoms with Crippen LogP contribution < -0.4 is 4.90 Å². The molecule has 3 rings (SSSR count). The second-order valence-electron chi connectivity index (χ2n) is 6.88. The lowest BCUT2D eigenvalue weighted by molar-refractivity contribution is -0.123. The maximum Gasteiger partial charge on any atom is 0.281 e. The lowest BCUT2D eigenvalue weighted by atomic mass is 9.97. The van der Waals surface area contributed by atoms with Crippen molar-refractivity contribution in [2.45, 2.75) is 32.2 Å². The molecule has 2 atom stereocenters. The minimum Gasteiger partial charge on any atom is -0.309 e. The largest absolute Gasteiger partial charge is 0.309 e. The highest BCUT2D eigenvalue weighted by Gasteiger charge is 2.39. The highest BCUT2D eigenvalue weighted by atomic mass is 32.2. The highest BCUT2D eigenvalue weighted by Crippen LogP contribution is 2.34. The van der Waals surface area contributed by atoms with Crippen LogP contribution in [0, 0.1) is 5.92 Å². The Balaban J connectivity index is 1.81. The van der Waals surface area contributed by atoms with Gasteiger partial charge in [-0.3, -0.25) is 4.79 Å². The predicted molar refractivity (Wildman–Crippen MR) is 94.0 cm³/mol. The van der Waals surface area contributed by atoms with E-state index in [2.05, 4.69) is 13.0 Å². The molecule has 0 unspecified atom stereocenters. The summed E-state index contributed by atoms with van der Waals surface area (Å²) in [7, 11) is -0.413. The minimum absolute atomic E-state index is 0.0473. The van der Waals surface area contributed by atoms with Crippen LogP contribution in [0.1, 0.15) is 25.3 Å². The van der Waals surface area contributed by atoms with Crippen molar-refractivity contribution in [3.63, 3.8) is 0 Å². The lowest BCUT2D eigenvalue weighted by Gasteiger charge is -2.35. The van der Waals surface area contributed by atoms with Crippen LogP contribution >= 0.6 is 0 Å². The van der Waals surface area contributed by atoms with Crippen LogP contribution in [-0.2, 0) is 21.4 Å². The molecule has 0 aromatic heterocycles. The number of hydrogen-bond donors (Lipinski definition) is 0. The Morgan fingerprint density at radius 3 is 2.67 bits per heavy atom. The number of anilines is 1. The van der Waals surface area contributed by atoms with E-state index < -0.39 is 10.2 Å². The molecule has 1 fully saturated rings. The van der Waals surface area contributed by atoms with Crippen molar-refractivity contribution in [3.05, 3.63) is 29.8 Å². The molecule has 0 N–H and O–H groups in total. The van der Waals surface area contributed by atoms with Crippen LogP contribution in [-0.4, -0.2) is 56.2 Å². The standard InChI is InChI=1S/C17H25N3O3S/c1-13-11-14-7-4-5-9-16(14)20(13)17(21)15-8-6-10-19(12-15)24(22,23)18(2)3/h4-5,7,9,13,15H,6,8,10-12H2,1-3H3/t13-,15-/m1/s1. The third kappa shape index (κ3) is 2.96. The average Bonchev–Trinajstić information content (AvgIpc) is 2.90. The number of rotatable bonds is 3. The van der Waals surface area contributed by atoms with Gasteiger partial charge in [-0.1, -0.05) is 18.2 Å². The fraction of sp³-hybridized carbons (Fsp3) is 0.588. The van der Waals surface area contributed by atoms with Crippen molar-refractivity contribution in [3.8, 4) is 0 Å². The summed E-state index contributed by atoms with van der Waals surface area (Å²) in [4.78, 5) is 15.0. The Hall–Kier alpha value is -1.44.